The monoisotopic (exact) mass is 842 g/mol. The lowest BCUT2D eigenvalue weighted by molar-refractivity contribution is -0.161. The molecule has 0 heterocycles. The average molecular weight is 843 g/mol. The molecule has 0 fully saturated rings. The van der Waals surface area contributed by atoms with Gasteiger partial charge < -0.3 is 39.9 Å². The van der Waals surface area contributed by atoms with Gasteiger partial charge in [-0.1, -0.05) is 138 Å². The normalized spacial score (nSPS) is 16.2. The maximum absolute atomic E-state index is 12.6. The van der Waals surface area contributed by atoms with E-state index in [4.69, 9.17) is 19.1 Å². The van der Waals surface area contributed by atoms with Gasteiger partial charge in [-0.3, -0.25) is 18.6 Å². The van der Waals surface area contributed by atoms with Crippen LogP contribution < -0.4 is 0 Å². The van der Waals surface area contributed by atoms with Crippen LogP contribution in [-0.2, 0) is 32.7 Å². The van der Waals surface area contributed by atoms with Crippen molar-refractivity contribution >= 4 is 19.8 Å². The van der Waals surface area contributed by atoms with Crippen molar-refractivity contribution in [3.05, 3.63) is 72.9 Å². The molecule has 0 aromatic carbocycles. The predicted octanol–water partition coefficient (Wildman–Crippen LogP) is 7.80. The van der Waals surface area contributed by atoms with Crippen molar-refractivity contribution in [2.24, 2.45) is 0 Å². The number of ether oxygens (including phenoxy) is 2. The van der Waals surface area contributed by atoms with E-state index in [1.165, 1.54) is 44.6 Å². The summed E-state index contributed by atoms with van der Waals surface area (Å²) < 4.78 is 32.4. The van der Waals surface area contributed by atoms with Crippen molar-refractivity contribution in [1.29, 1.82) is 0 Å². The number of hydrogen-bond donors (Lipinski definition) is 6. The number of aliphatic hydroxyl groups excluding tert-OH is 5. The molecule has 14 heteroatoms. The lowest BCUT2D eigenvalue weighted by atomic mass is 10.1. The molecule has 0 rings (SSSR count). The van der Waals surface area contributed by atoms with Crippen LogP contribution in [0.5, 0.6) is 0 Å². The summed E-state index contributed by atoms with van der Waals surface area (Å²) in [6.45, 7) is 1.76. The molecule has 0 saturated heterocycles. The van der Waals surface area contributed by atoms with Gasteiger partial charge in [-0.15, -0.1) is 0 Å². The van der Waals surface area contributed by atoms with E-state index in [1.807, 2.05) is 19.1 Å². The molecule has 0 aliphatic heterocycles. The molecule has 1 unspecified atom stereocenters. The summed E-state index contributed by atoms with van der Waals surface area (Å²) in [4.78, 5) is 35.0. The molecule has 58 heavy (non-hydrogen) atoms. The summed E-state index contributed by atoms with van der Waals surface area (Å²) >= 11 is 0. The van der Waals surface area contributed by atoms with E-state index in [2.05, 4.69) is 23.6 Å². The SMILES string of the molecule is CC/C=C\C[C@@H](O)/C=C/C=C/C=C\C=C/[C@H](O)[C@@H](O)CCCC(=O)OC[C@H](COP(=O)(O)OC[C@@H](O)CO)OC(=O)CCCCCCC/C=C\CCCCCCCC. The van der Waals surface area contributed by atoms with Gasteiger partial charge in [0.2, 0.25) is 0 Å². The lowest BCUT2D eigenvalue weighted by Gasteiger charge is -2.20. The minimum atomic E-state index is -4.71. The van der Waals surface area contributed by atoms with E-state index in [1.54, 1.807) is 42.5 Å². The number of rotatable bonds is 38. The van der Waals surface area contributed by atoms with E-state index in [-0.39, 0.29) is 25.7 Å². The second-order valence-corrected chi connectivity index (χ2v) is 15.7. The van der Waals surface area contributed by atoms with Crippen molar-refractivity contribution in [1.82, 2.24) is 0 Å². The number of carbonyl (C=O) groups is 2. The van der Waals surface area contributed by atoms with Crippen molar-refractivity contribution < 1.29 is 63.1 Å². The van der Waals surface area contributed by atoms with Gasteiger partial charge in [0.15, 0.2) is 6.10 Å². The summed E-state index contributed by atoms with van der Waals surface area (Å²) in [7, 11) is -4.71. The summed E-state index contributed by atoms with van der Waals surface area (Å²) in [6, 6.07) is 0. The second-order valence-electron chi connectivity index (χ2n) is 14.2. The fourth-order valence-electron chi connectivity index (χ4n) is 5.27. The Morgan fingerprint density at radius 2 is 1.21 bits per heavy atom. The van der Waals surface area contributed by atoms with Crippen LogP contribution in [-0.4, -0.2) is 99.3 Å². The fraction of sp³-hybridized carbons (Fsp3) is 0.682. The van der Waals surface area contributed by atoms with E-state index in [0.717, 1.165) is 44.9 Å². The Labute approximate surface area is 347 Å². The van der Waals surface area contributed by atoms with Gasteiger partial charge in [0.05, 0.1) is 38.1 Å². The number of carbonyl (C=O) groups excluding carboxylic acids is 2. The van der Waals surface area contributed by atoms with E-state index < -0.39 is 76.7 Å². The molecule has 334 valence electrons. The van der Waals surface area contributed by atoms with Crippen LogP contribution in [0.4, 0.5) is 0 Å². The quantitative estimate of drug-likeness (QED) is 0.0115. The molecule has 0 amide bonds. The van der Waals surface area contributed by atoms with E-state index >= 15 is 0 Å². The highest BCUT2D eigenvalue weighted by atomic mass is 31.2. The first-order chi connectivity index (χ1) is 27.9. The zero-order valence-electron chi connectivity index (χ0n) is 35.1. The Bertz CT molecular complexity index is 1250. The summed E-state index contributed by atoms with van der Waals surface area (Å²) in [5.41, 5.74) is 0. The third-order valence-electron chi connectivity index (χ3n) is 8.69. The molecule has 0 spiro atoms. The van der Waals surface area contributed by atoms with Gasteiger partial charge in [0.1, 0.15) is 12.7 Å². The zero-order chi connectivity index (χ0) is 43.1. The van der Waals surface area contributed by atoms with Gasteiger partial charge in [-0.2, -0.15) is 0 Å². The molecule has 6 N–H and O–H groups in total. The molecule has 0 saturated carbocycles. The van der Waals surface area contributed by atoms with Gasteiger partial charge in [0.25, 0.3) is 0 Å². The summed E-state index contributed by atoms with van der Waals surface area (Å²) in [5, 5.41) is 48.7. The van der Waals surface area contributed by atoms with Crippen LogP contribution in [0.25, 0.3) is 0 Å². The summed E-state index contributed by atoms with van der Waals surface area (Å²) in [6.07, 6.45) is 32.4. The van der Waals surface area contributed by atoms with Crippen LogP contribution in [0.2, 0.25) is 0 Å². The maximum Gasteiger partial charge on any atom is 0.472 e. The van der Waals surface area contributed by atoms with Crippen LogP contribution in [0.15, 0.2) is 72.9 Å². The van der Waals surface area contributed by atoms with Crippen LogP contribution >= 0.6 is 7.82 Å². The Balaban J connectivity index is 4.67. The minimum Gasteiger partial charge on any atom is -0.462 e. The Kier molecular flexibility index (Phi) is 36.7. The van der Waals surface area contributed by atoms with Crippen molar-refractivity contribution in [2.75, 3.05) is 26.4 Å². The van der Waals surface area contributed by atoms with Gasteiger partial charge >= 0.3 is 19.8 Å². The molecule has 0 bridgehead atoms. The van der Waals surface area contributed by atoms with Gasteiger partial charge in [-0.05, 0) is 57.8 Å². The van der Waals surface area contributed by atoms with E-state index in [9.17, 15) is 39.5 Å². The number of phosphoric ester groups is 1. The number of esters is 2. The summed E-state index contributed by atoms with van der Waals surface area (Å²) in [5.74, 6) is -1.27. The fourth-order valence-corrected chi connectivity index (χ4v) is 6.06. The Morgan fingerprint density at radius 1 is 0.638 bits per heavy atom. The number of unbranched alkanes of at least 4 members (excludes halogenated alkanes) is 11. The zero-order valence-corrected chi connectivity index (χ0v) is 36.0. The predicted molar refractivity (Wildman–Crippen MR) is 228 cm³/mol. The third-order valence-corrected chi connectivity index (χ3v) is 9.64. The first-order valence-electron chi connectivity index (χ1n) is 21.2. The van der Waals surface area contributed by atoms with Crippen LogP contribution in [0.1, 0.15) is 136 Å². The third kappa shape index (κ3) is 36.4. The molecule has 0 aliphatic rings. The highest BCUT2D eigenvalue weighted by Crippen LogP contribution is 2.43. The van der Waals surface area contributed by atoms with Gasteiger partial charge in [-0.25, -0.2) is 4.57 Å². The largest absolute Gasteiger partial charge is 0.472 e. The number of phosphoric acid groups is 1. The van der Waals surface area contributed by atoms with E-state index in [0.29, 0.717) is 12.8 Å². The first kappa shape index (κ1) is 55.3. The van der Waals surface area contributed by atoms with Crippen molar-refractivity contribution in [3.8, 4) is 0 Å². The first-order valence-corrected chi connectivity index (χ1v) is 22.7. The number of aliphatic hydroxyl groups is 5. The lowest BCUT2D eigenvalue weighted by Crippen LogP contribution is -2.30. The highest BCUT2D eigenvalue weighted by Gasteiger charge is 2.27. The molecule has 13 nitrogen and oxygen atoms in total. The Hall–Kier alpha value is -2.71. The average Bonchev–Trinajstić information content (AvgIpc) is 3.20. The maximum atomic E-state index is 12.6. The Morgan fingerprint density at radius 3 is 1.84 bits per heavy atom. The molecule has 0 aromatic rings. The number of allylic oxidation sites excluding steroid dienone is 9. The smallest absolute Gasteiger partial charge is 0.462 e. The molecular weight excluding hydrogens is 767 g/mol. The van der Waals surface area contributed by atoms with Crippen molar-refractivity contribution in [3.63, 3.8) is 0 Å². The molecule has 0 radical (unpaired) electrons. The van der Waals surface area contributed by atoms with Gasteiger partial charge in [0, 0.05) is 12.8 Å². The van der Waals surface area contributed by atoms with Crippen LogP contribution in [0, 0.1) is 0 Å². The topological polar surface area (TPSA) is 210 Å². The standard InChI is InChI=1S/C44H75O13P/c1-3-5-7-8-9-10-11-12-13-14-15-16-17-22-26-32-44(51)57-40(37-56-58(52,53)55-35-39(47)34-45)36-54-43(50)33-27-31-42(49)41(48)30-25-21-19-18-20-24-29-38(46)28-23-6-4-2/h6,12-13,18-21,23-25,29-30,38-42,45-49H,3-5,7-11,14-17,22,26-28,31-37H2,1-2H3,(H,52,53)/b13-12-,20-18+,21-19-,23-6-,29-24+,30-25-/t38-,39+,40-,41+,42+/m1/s1. The van der Waals surface area contributed by atoms with Crippen LogP contribution in [0.3, 0.4) is 0 Å². The minimum absolute atomic E-state index is 0.0903. The number of hydrogen-bond acceptors (Lipinski definition) is 12. The molecule has 0 aromatic heterocycles. The van der Waals surface area contributed by atoms with Crippen molar-refractivity contribution in [2.45, 2.75) is 166 Å². The molecule has 0 aliphatic carbocycles. The highest BCUT2D eigenvalue weighted by molar-refractivity contribution is 7.47. The second kappa shape index (κ2) is 38.5. The molecular formula is C44H75O13P. The molecule has 6 atom stereocenters.